The van der Waals surface area contributed by atoms with Gasteiger partial charge < -0.3 is 15.1 Å². The Labute approximate surface area is 123 Å². The van der Waals surface area contributed by atoms with E-state index >= 15 is 0 Å². The molecular weight excluding hydrogens is 268 g/mol. The first kappa shape index (κ1) is 13.6. The topological polar surface area (TPSA) is 61.6 Å². The highest BCUT2D eigenvalue weighted by Gasteiger charge is 2.25. The molecule has 0 spiro atoms. The first-order chi connectivity index (χ1) is 10.1. The molecule has 1 N–H and O–H groups in total. The quantitative estimate of drug-likeness (QED) is 0.662. The molecular formula is C15H18N4O2. The Morgan fingerprint density at radius 3 is 2.67 bits per heavy atom. The van der Waals surface area contributed by atoms with Gasteiger partial charge in [-0.25, -0.2) is 0 Å². The van der Waals surface area contributed by atoms with Crippen molar-refractivity contribution < 1.29 is 4.92 Å². The summed E-state index contributed by atoms with van der Waals surface area (Å²) in [6.07, 6.45) is 1.87. The molecule has 0 aliphatic carbocycles. The number of benzene rings is 1. The van der Waals surface area contributed by atoms with Crippen LogP contribution in [-0.4, -0.2) is 47.9 Å². The Morgan fingerprint density at radius 1 is 1.29 bits per heavy atom. The largest absolute Gasteiger partial charge is 0.356 e. The lowest BCUT2D eigenvalue weighted by atomic mass is 9.99. The summed E-state index contributed by atoms with van der Waals surface area (Å²) in [4.78, 5) is 15.4. The Kier molecular flexibility index (Phi) is 3.39. The molecule has 1 aromatic rings. The van der Waals surface area contributed by atoms with Gasteiger partial charge in [0.1, 0.15) is 5.82 Å². The molecule has 0 saturated carbocycles. The first-order valence-corrected chi connectivity index (χ1v) is 6.95. The lowest BCUT2D eigenvalue weighted by Crippen LogP contribution is -2.46. The molecule has 2 aliphatic rings. The summed E-state index contributed by atoms with van der Waals surface area (Å²) in [6.45, 7) is 7.77. The van der Waals surface area contributed by atoms with Gasteiger partial charge >= 0.3 is 0 Å². The lowest BCUT2D eigenvalue weighted by molar-refractivity contribution is -0.385. The second-order valence-corrected chi connectivity index (χ2v) is 5.42. The van der Waals surface area contributed by atoms with Crippen LogP contribution in [0.3, 0.4) is 0 Å². The summed E-state index contributed by atoms with van der Waals surface area (Å²) in [5.41, 5.74) is 2.27. The minimum atomic E-state index is -0.338. The third kappa shape index (κ3) is 2.50. The zero-order chi connectivity index (χ0) is 15.0. The van der Waals surface area contributed by atoms with E-state index in [9.17, 15) is 10.1 Å². The van der Waals surface area contributed by atoms with E-state index in [1.165, 1.54) is 6.07 Å². The molecule has 2 heterocycles. The maximum atomic E-state index is 11.2. The maximum absolute atomic E-state index is 11.2. The molecule has 21 heavy (non-hydrogen) atoms. The van der Waals surface area contributed by atoms with Crippen molar-refractivity contribution in [2.45, 2.75) is 0 Å². The third-order valence-electron chi connectivity index (χ3n) is 4.01. The van der Waals surface area contributed by atoms with Crippen LogP contribution in [0.2, 0.25) is 0 Å². The zero-order valence-corrected chi connectivity index (χ0v) is 12.0. The molecule has 0 bridgehead atoms. The van der Waals surface area contributed by atoms with E-state index in [1.807, 2.05) is 12.1 Å². The number of nitro groups is 1. The zero-order valence-electron chi connectivity index (χ0n) is 12.0. The minimum absolute atomic E-state index is 0.127. The number of nitro benzene ring substituents is 1. The summed E-state index contributed by atoms with van der Waals surface area (Å²) in [6, 6.07) is 5.09. The highest BCUT2D eigenvalue weighted by molar-refractivity contribution is 5.82. The van der Waals surface area contributed by atoms with E-state index < -0.39 is 0 Å². The molecule has 0 unspecified atom stereocenters. The maximum Gasteiger partial charge on any atom is 0.277 e. The summed E-state index contributed by atoms with van der Waals surface area (Å²) in [5.74, 6) is 0.898. The van der Waals surface area contributed by atoms with E-state index in [2.05, 4.69) is 28.7 Å². The Morgan fingerprint density at radius 2 is 2.00 bits per heavy atom. The number of rotatable bonds is 2. The van der Waals surface area contributed by atoms with Crippen LogP contribution >= 0.6 is 0 Å². The van der Waals surface area contributed by atoms with Crippen LogP contribution in [0.1, 0.15) is 11.1 Å². The van der Waals surface area contributed by atoms with Crippen molar-refractivity contribution in [1.82, 2.24) is 15.1 Å². The second kappa shape index (κ2) is 5.21. The van der Waals surface area contributed by atoms with Gasteiger partial charge in [0.25, 0.3) is 5.69 Å². The third-order valence-corrected chi connectivity index (χ3v) is 4.01. The molecule has 2 aliphatic heterocycles. The number of nitrogens with zero attached hydrogens (tertiary/aromatic N) is 3. The van der Waals surface area contributed by atoms with Crippen molar-refractivity contribution in [2.24, 2.45) is 0 Å². The van der Waals surface area contributed by atoms with E-state index in [0.29, 0.717) is 11.3 Å². The van der Waals surface area contributed by atoms with Crippen LogP contribution in [0.15, 0.2) is 30.6 Å². The fourth-order valence-corrected chi connectivity index (χ4v) is 2.74. The monoisotopic (exact) mass is 286 g/mol. The van der Waals surface area contributed by atoms with Gasteiger partial charge in [0, 0.05) is 43.5 Å². The van der Waals surface area contributed by atoms with Gasteiger partial charge in [-0.3, -0.25) is 10.1 Å². The van der Waals surface area contributed by atoms with Gasteiger partial charge in [0.2, 0.25) is 0 Å². The number of piperazine rings is 1. The molecule has 1 fully saturated rings. The fourth-order valence-electron chi connectivity index (χ4n) is 2.74. The second-order valence-electron chi connectivity index (χ2n) is 5.42. The van der Waals surface area contributed by atoms with Crippen molar-refractivity contribution >= 4 is 17.5 Å². The Balaban J connectivity index is 1.99. The van der Waals surface area contributed by atoms with Crippen LogP contribution in [0.4, 0.5) is 5.69 Å². The molecule has 0 radical (unpaired) electrons. The van der Waals surface area contributed by atoms with E-state index in [0.717, 1.165) is 37.6 Å². The van der Waals surface area contributed by atoms with Gasteiger partial charge in [-0.05, 0) is 13.1 Å². The van der Waals surface area contributed by atoms with Crippen molar-refractivity contribution in [3.8, 4) is 0 Å². The van der Waals surface area contributed by atoms with Crippen molar-refractivity contribution in [2.75, 3.05) is 33.2 Å². The molecule has 0 aromatic heterocycles. The predicted octanol–water partition coefficient (Wildman–Crippen LogP) is 1.71. The number of fused-ring (bicyclic) bond motifs is 1. The first-order valence-electron chi connectivity index (χ1n) is 6.95. The molecule has 1 aromatic carbocycles. The van der Waals surface area contributed by atoms with E-state index in [-0.39, 0.29) is 10.6 Å². The Bertz CT molecular complexity index is 631. The average molecular weight is 286 g/mol. The van der Waals surface area contributed by atoms with Gasteiger partial charge in [-0.2, -0.15) is 0 Å². The molecule has 0 amide bonds. The van der Waals surface area contributed by atoms with Crippen molar-refractivity contribution in [3.05, 3.63) is 51.8 Å². The van der Waals surface area contributed by atoms with Crippen LogP contribution < -0.4 is 5.32 Å². The molecule has 3 rings (SSSR count). The molecule has 110 valence electrons. The number of nitrogens with one attached hydrogen (secondary N) is 1. The molecule has 0 atom stereocenters. The molecule has 6 heteroatoms. The van der Waals surface area contributed by atoms with Gasteiger partial charge in [0.05, 0.1) is 10.5 Å². The van der Waals surface area contributed by atoms with Crippen LogP contribution in [0, 0.1) is 10.1 Å². The van der Waals surface area contributed by atoms with E-state index in [4.69, 9.17) is 0 Å². The summed E-state index contributed by atoms with van der Waals surface area (Å²) in [7, 11) is 2.10. The van der Waals surface area contributed by atoms with Gasteiger partial charge in [-0.15, -0.1) is 0 Å². The lowest BCUT2D eigenvalue weighted by Gasteiger charge is -2.37. The number of likely N-dealkylation sites (N-methyl/N-ethyl adjacent to an activating group) is 1. The number of hydrogen-bond donors (Lipinski definition) is 1. The van der Waals surface area contributed by atoms with Crippen molar-refractivity contribution in [3.63, 3.8) is 0 Å². The van der Waals surface area contributed by atoms with E-state index in [1.54, 1.807) is 6.07 Å². The Hall–Kier alpha value is -2.34. The number of hydrogen-bond acceptors (Lipinski definition) is 5. The summed E-state index contributed by atoms with van der Waals surface area (Å²) in [5, 5.41) is 14.5. The smallest absolute Gasteiger partial charge is 0.277 e. The SMILES string of the molecule is C=C1NC(N2CCN(C)CC2)=Cc2c1cccc2[N+](=O)[O-]. The van der Waals surface area contributed by atoms with Crippen LogP contribution in [0.25, 0.3) is 11.8 Å². The highest BCUT2D eigenvalue weighted by Crippen LogP contribution is 2.32. The predicted molar refractivity (Wildman–Crippen MR) is 82.3 cm³/mol. The average Bonchev–Trinajstić information content (AvgIpc) is 2.47. The van der Waals surface area contributed by atoms with Crippen LogP contribution in [-0.2, 0) is 0 Å². The highest BCUT2D eigenvalue weighted by atomic mass is 16.6. The van der Waals surface area contributed by atoms with Gasteiger partial charge in [0.15, 0.2) is 0 Å². The fraction of sp³-hybridized carbons (Fsp3) is 0.333. The summed E-state index contributed by atoms with van der Waals surface area (Å²) >= 11 is 0. The summed E-state index contributed by atoms with van der Waals surface area (Å²) < 4.78 is 0. The van der Waals surface area contributed by atoms with Gasteiger partial charge in [-0.1, -0.05) is 18.7 Å². The molecule has 6 nitrogen and oxygen atoms in total. The molecule has 1 saturated heterocycles. The van der Waals surface area contributed by atoms with Crippen molar-refractivity contribution in [1.29, 1.82) is 0 Å². The standard InChI is InChI=1S/C15H18N4O2/c1-11-12-4-3-5-14(19(20)21)13(12)10-15(16-11)18-8-6-17(2)7-9-18/h3-5,10,16H,1,6-9H2,2H3. The minimum Gasteiger partial charge on any atom is -0.356 e. The van der Waals surface area contributed by atoms with Crippen LogP contribution in [0.5, 0.6) is 0 Å². The normalized spacial score (nSPS) is 18.8.